The third-order valence-electron chi connectivity index (χ3n) is 9.25. The lowest BCUT2D eigenvalue weighted by atomic mass is 10.0. The van der Waals surface area contributed by atoms with Gasteiger partial charge in [-0.05, 0) is 12.8 Å². The number of ketones is 1. The van der Waals surface area contributed by atoms with E-state index < -0.39 is 32.6 Å². The first-order chi connectivity index (χ1) is 25.5. The Morgan fingerprint density at radius 1 is 0.528 bits per heavy atom. The van der Waals surface area contributed by atoms with Gasteiger partial charge in [-0.1, -0.05) is 194 Å². The van der Waals surface area contributed by atoms with Crippen molar-refractivity contribution < 1.29 is 48.9 Å². The third kappa shape index (κ3) is 53.2. The average molecular weight is 784 g/mol. The second-order valence-electron chi connectivity index (χ2n) is 14.6. The Kier molecular flexibility index (Phi) is 48.4. The molecule has 0 bridgehead atoms. The molecule has 0 spiro atoms. The highest BCUT2D eigenvalue weighted by Crippen LogP contribution is 2.26. The first-order valence-corrected chi connectivity index (χ1v) is 23.1. The topological polar surface area (TPSA) is 208 Å². The maximum absolute atomic E-state index is 12.7. The number of rotatable bonds is 37. The summed E-state index contributed by atoms with van der Waals surface area (Å²) in [5.74, 6) is -0.715. The Morgan fingerprint density at radius 3 is 1.02 bits per heavy atom. The molecule has 0 aliphatic carbocycles. The molecule has 0 aromatic rings. The summed E-state index contributed by atoms with van der Waals surface area (Å²) in [4.78, 5) is 46.6. The number of hydrogen-bond acceptors (Lipinski definition) is 8. The molecule has 8 N–H and O–H groups in total. The van der Waals surface area contributed by atoms with Gasteiger partial charge >= 0.3 is 13.8 Å². The lowest BCUT2D eigenvalue weighted by molar-refractivity contribution is -0.163. The van der Waals surface area contributed by atoms with Gasteiger partial charge in [-0.15, -0.1) is 0 Å². The Balaban J connectivity index is -0.00000246. The Bertz CT molecular complexity index is 788. The smallest absolute Gasteiger partial charge is 0.451 e. The second-order valence-corrected chi connectivity index (χ2v) is 15.6. The monoisotopic (exact) mass is 784 g/mol. The Labute approximate surface area is 324 Å². The molecule has 0 rings (SSSR count). The zero-order valence-corrected chi connectivity index (χ0v) is 35.1. The molecular weight excluding hydrogens is 697 g/mol. The summed E-state index contributed by atoms with van der Waals surface area (Å²) in [7, 11) is -4.64. The molecule has 53 heavy (non-hydrogen) atoms. The minimum absolute atomic E-state index is 0.0972. The van der Waals surface area contributed by atoms with Crippen molar-refractivity contribution in [1.29, 1.82) is 0 Å². The van der Waals surface area contributed by atoms with Crippen LogP contribution in [-0.4, -0.2) is 73.7 Å². The van der Waals surface area contributed by atoms with Gasteiger partial charge in [0.05, 0.1) is 13.2 Å². The number of esters is 1. The molecule has 0 radical (unpaired) electrons. The van der Waals surface area contributed by atoms with Crippen LogP contribution in [0, 0.1) is 0 Å². The molecule has 0 fully saturated rings. The molecule has 2 atom stereocenters. The summed E-state index contributed by atoms with van der Waals surface area (Å²) < 4.78 is 14.2. The van der Waals surface area contributed by atoms with Gasteiger partial charge in [-0.3, -0.25) is 9.59 Å². The predicted octanol–water partition coefficient (Wildman–Crippen LogP) is 9.35. The summed E-state index contributed by atoms with van der Waals surface area (Å²) in [6, 6.07) is 0. The van der Waals surface area contributed by atoms with Crippen LogP contribution < -0.4 is 5.73 Å². The van der Waals surface area contributed by atoms with Crippen LogP contribution >= 0.6 is 7.82 Å². The summed E-state index contributed by atoms with van der Waals surface area (Å²) in [5, 5.41) is 27.3. The Hall–Kier alpha value is -0.910. The number of carbonyl (C=O) groups excluding carboxylic acids is 2. The average Bonchev–Trinajstić information content (AvgIpc) is 3.12. The van der Waals surface area contributed by atoms with Gasteiger partial charge in [-0.25, -0.2) is 4.57 Å². The van der Waals surface area contributed by atoms with Crippen LogP contribution in [0.3, 0.4) is 0 Å². The lowest BCUT2D eigenvalue weighted by Crippen LogP contribution is -2.40. The van der Waals surface area contributed by atoms with Crippen molar-refractivity contribution in [2.24, 2.45) is 5.73 Å². The predicted molar refractivity (Wildman–Crippen MR) is 217 cm³/mol. The van der Waals surface area contributed by atoms with Gasteiger partial charge < -0.3 is 40.5 Å². The van der Waals surface area contributed by atoms with E-state index in [1.54, 1.807) is 0 Å². The van der Waals surface area contributed by atoms with Crippen LogP contribution in [0.1, 0.15) is 219 Å². The summed E-state index contributed by atoms with van der Waals surface area (Å²) in [6.45, 7) is 4.42. The van der Waals surface area contributed by atoms with Crippen LogP contribution in [0.4, 0.5) is 0 Å². The highest BCUT2D eigenvalue weighted by Gasteiger charge is 2.29. The molecule has 12 heteroatoms. The van der Waals surface area contributed by atoms with E-state index in [2.05, 4.69) is 13.8 Å². The standard InChI is InChI=1S/C39H76O5.C2H7NO.H3O4P/c1-3-5-7-9-11-13-15-17-19-21-23-25-27-29-31-33-36(41)39(37(42)35-40)44-38(43)34-32-30-28-26-24-22-20-18-16-14-12-10-8-6-4-2;3-1-2-4;1-5(2,3)4/h37,39-40,42H,3-35H2,1-2H3;4H,1-3H2;(H3,1,2,3,4). The third-order valence-corrected chi connectivity index (χ3v) is 9.25. The normalized spacial score (nSPS) is 12.3. The van der Waals surface area contributed by atoms with Crippen molar-refractivity contribution in [2.75, 3.05) is 19.8 Å². The first-order valence-electron chi connectivity index (χ1n) is 21.6. The first kappa shape index (κ1) is 56.4. The molecule has 0 aromatic heterocycles. The largest absolute Gasteiger partial charge is 0.466 e. The van der Waals surface area contributed by atoms with Crippen LogP contribution in [-0.2, 0) is 18.9 Å². The van der Waals surface area contributed by atoms with E-state index in [0.29, 0.717) is 6.54 Å². The summed E-state index contributed by atoms with van der Waals surface area (Å²) in [5.41, 5.74) is 4.78. The molecule has 0 aliphatic rings. The molecule has 320 valence electrons. The van der Waals surface area contributed by atoms with Gasteiger partial charge in [0.2, 0.25) is 0 Å². The number of hydrogen-bond donors (Lipinski definition) is 7. The fourth-order valence-electron chi connectivity index (χ4n) is 6.11. The number of aliphatic hydroxyl groups is 3. The van der Waals surface area contributed by atoms with Crippen LogP contribution in [0.5, 0.6) is 0 Å². The van der Waals surface area contributed by atoms with E-state index in [-0.39, 0.29) is 25.2 Å². The number of nitrogens with two attached hydrogens (primary N) is 1. The number of unbranched alkanes of at least 4 members (excludes halogenated alkanes) is 28. The van der Waals surface area contributed by atoms with Crippen molar-refractivity contribution in [3.63, 3.8) is 0 Å². The van der Waals surface area contributed by atoms with Crippen LogP contribution in [0.15, 0.2) is 0 Å². The Morgan fingerprint density at radius 2 is 0.774 bits per heavy atom. The molecule has 2 unspecified atom stereocenters. The van der Waals surface area contributed by atoms with Gasteiger partial charge in [-0.2, -0.15) is 0 Å². The van der Waals surface area contributed by atoms with Crippen molar-refractivity contribution in [2.45, 2.75) is 232 Å². The fraction of sp³-hybridized carbons (Fsp3) is 0.951. The fourth-order valence-corrected chi connectivity index (χ4v) is 6.11. The molecule has 0 amide bonds. The minimum Gasteiger partial charge on any atom is -0.451 e. The molecular formula is C41H86NO10P. The highest BCUT2D eigenvalue weighted by molar-refractivity contribution is 7.45. The molecule has 11 nitrogen and oxygen atoms in total. The number of Topliss-reactive ketones (excluding diaryl/α,β-unsaturated/α-hetero) is 1. The SMILES string of the molecule is CCCCCCCCCCCCCCCCCC(=O)OC(C(=O)CCCCCCCCCCCCCCCCC)C(O)CO.NCCO.O=P(O)(O)O. The minimum atomic E-state index is -4.64. The van der Waals surface area contributed by atoms with Gasteiger partial charge in [0, 0.05) is 19.4 Å². The number of aliphatic hydroxyl groups excluding tert-OH is 3. The summed E-state index contributed by atoms with van der Waals surface area (Å²) in [6.07, 6.45) is 35.9. The van der Waals surface area contributed by atoms with Gasteiger partial charge in [0.1, 0.15) is 6.10 Å². The maximum atomic E-state index is 12.7. The van der Waals surface area contributed by atoms with Crippen LogP contribution in [0.2, 0.25) is 0 Å². The maximum Gasteiger partial charge on any atom is 0.466 e. The number of ether oxygens (including phenoxy) is 1. The molecule has 0 saturated heterocycles. The van der Waals surface area contributed by atoms with E-state index in [1.807, 2.05) is 0 Å². The van der Waals surface area contributed by atoms with Crippen molar-refractivity contribution >= 4 is 19.6 Å². The molecule has 0 aromatic carbocycles. The number of phosphoric acid groups is 1. The zero-order chi connectivity index (χ0) is 40.3. The van der Waals surface area contributed by atoms with E-state index in [4.69, 9.17) is 34.8 Å². The lowest BCUT2D eigenvalue weighted by Gasteiger charge is -2.20. The van der Waals surface area contributed by atoms with Crippen molar-refractivity contribution in [3.05, 3.63) is 0 Å². The van der Waals surface area contributed by atoms with Crippen molar-refractivity contribution in [1.82, 2.24) is 0 Å². The van der Waals surface area contributed by atoms with E-state index in [9.17, 15) is 19.8 Å². The number of carbonyl (C=O) groups is 2. The highest BCUT2D eigenvalue weighted by atomic mass is 31.2. The van der Waals surface area contributed by atoms with E-state index >= 15 is 0 Å². The van der Waals surface area contributed by atoms with Gasteiger partial charge in [0.15, 0.2) is 11.9 Å². The van der Waals surface area contributed by atoms with Crippen molar-refractivity contribution in [3.8, 4) is 0 Å². The summed E-state index contributed by atoms with van der Waals surface area (Å²) >= 11 is 0. The van der Waals surface area contributed by atoms with E-state index in [0.717, 1.165) is 38.5 Å². The van der Waals surface area contributed by atoms with Gasteiger partial charge in [0.25, 0.3) is 0 Å². The van der Waals surface area contributed by atoms with E-state index in [1.165, 1.54) is 154 Å². The molecule has 0 heterocycles. The zero-order valence-electron chi connectivity index (χ0n) is 34.2. The second kappa shape index (κ2) is 45.5. The molecule has 0 aliphatic heterocycles. The van der Waals surface area contributed by atoms with Crippen LogP contribution in [0.25, 0.3) is 0 Å². The molecule has 0 saturated carbocycles. The quantitative estimate of drug-likeness (QED) is 0.0179.